The molecule has 1 unspecified atom stereocenters. The number of hydrogen-bond acceptors (Lipinski definition) is 4. The molecule has 0 aromatic heterocycles. The zero-order chi connectivity index (χ0) is 17.3. The van der Waals surface area contributed by atoms with Gasteiger partial charge in [0.15, 0.2) is 9.84 Å². The second-order valence-corrected chi connectivity index (χ2v) is 7.95. The minimum absolute atomic E-state index is 0.151. The van der Waals surface area contributed by atoms with E-state index in [2.05, 4.69) is 0 Å². The third-order valence-electron chi connectivity index (χ3n) is 3.98. The van der Waals surface area contributed by atoms with Crippen molar-refractivity contribution in [2.75, 3.05) is 6.26 Å². The fraction of sp³-hybridized carbons (Fsp3) is 0.211. The van der Waals surface area contributed by atoms with Crippen LogP contribution in [0.4, 0.5) is 0 Å². The first-order valence-electron chi connectivity index (χ1n) is 7.66. The highest BCUT2D eigenvalue weighted by Crippen LogP contribution is 2.34. The first-order valence-corrected chi connectivity index (χ1v) is 9.55. The number of benzene rings is 2. The zero-order valence-corrected chi connectivity index (χ0v) is 14.3. The summed E-state index contributed by atoms with van der Waals surface area (Å²) in [5, 5.41) is 0. The molecule has 1 fully saturated rings. The minimum atomic E-state index is -3.26. The monoisotopic (exact) mass is 342 g/mol. The van der Waals surface area contributed by atoms with E-state index < -0.39 is 9.84 Å². The molecule has 3 rings (SSSR count). The highest BCUT2D eigenvalue weighted by molar-refractivity contribution is 7.90. The van der Waals surface area contributed by atoms with Crippen molar-refractivity contribution >= 4 is 21.4 Å². The van der Waals surface area contributed by atoms with Crippen LogP contribution >= 0.6 is 0 Å². The van der Waals surface area contributed by atoms with Gasteiger partial charge in [0.05, 0.1) is 4.90 Å². The lowest BCUT2D eigenvalue weighted by Crippen LogP contribution is -2.02. The standard InChI is InChI=1S/C19H18O4S/c1-13-12-17(19(20)23-13)18(14-6-4-3-5-7-14)15-8-10-16(11-9-15)24(2,21)22/h3-11,13H,12H2,1-2H3/b18-17+. The summed E-state index contributed by atoms with van der Waals surface area (Å²) in [6, 6.07) is 16.2. The number of ether oxygens (including phenoxy) is 1. The maximum absolute atomic E-state index is 12.2. The van der Waals surface area contributed by atoms with Crippen molar-refractivity contribution in [2.45, 2.75) is 24.3 Å². The zero-order valence-electron chi connectivity index (χ0n) is 13.5. The number of rotatable bonds is 3. The Labute approximate surface area is 141 Å². The molecule has 1 heterocycles. The Bertz CT molecular complexity index is 894. The maximum atomic E-state index is 12.2. The quantitative estimate of drug-likeness (QED) is 0.635. The van der Waals surface area contributed by atoms with Gasteiger partial charge in [-0.25, -0.2) is 13.2 Å². The second-order valence-electron chi connectivity index (χ2n) is 5.94. The van der Waals surface area contributed by atoms with Crippen LogP contribution in [0.25, 0.3) is 5.57 Å². The summed E-state index contributed by atoms with van der Waals surface area (Å²) in [6.07, 6.45) is 1.56. The van der Waals surface area contributed by atoms with E-state index >= 15 is 0 Å². The van der Waals surface area contributed by atoms with E-state index in [4.69, 9.17) is 4.74 Å². The van der Waals surface area contributed by atoms with Crippen molar-refractivity contribution in [2.24, 2.45) is 0 Å². The molecule has 0 saturated carbocycles. The van der Waals surface area contributed by atoms with Crippen molar-refractivity contribution in [1.82, 2.24) is 0 Å². The molecule has 2 aromatic carbocycles. The van der Waals surface area contributed by atoms with Crippen LogP contribution in [-0.4, -0.2) is 26.7 Å². The van der Waals surface area contributed by atoms with Crippen LogP contribution in [0.15, 0.2) is 65.1 Å². The summed E-state index contributed by atoms with van der Waals surface area (Å²) in [5.41, 5.74) is 3.13. The summed E-state index contributed by atoms with van der Waals surface area (Å²) in [6.45, 7) is 1.86. The first kappa shape index (κ1) is 16.5. The van der Waals surface area contributed by atoms with Crippen molar-refractivity contribution in [3.8, 4) is 0 Å². The van der Waals surface area contributed by atoms with Gasteiger partial charge in [0, 0.05) is 18.2 Å². The van der Waals surface area contributed by atoms with Gasteiger partial charge in [-0.2, -0.15) is 0 Å². The largest absolute Gasteiger partial charge is 0.459 e. The van der Waals surface area contributed by atoms with Crippen molar-refractivity contribution in [3.63, 3.8) is 0 Å². The molecule has 0 amide bonds. The highest BCUT2D eigenvalue weighted by Gasteiger charge is 2.29. The van der Waals surface area contributed by atoms with Gasteiger partial charge >= 0.3 is 5.97 Å². The molecule has 1 aliphatic heterocycles. The van der Waals surface area contributed by atoms with E-state index in [0.717, 1.165) is 16.7 Å². The molecular formula is C19H18O4S. The number of carbonyl (C=O) groups excluding carboxylic acids is 1. The smallest absolute Gasteiger partial charge is 0.335 e. The number of cyclic esters (lactones) is 1. The molecule has 1 atom stereocenters. The van der Waals surface area contributed by atoms with Crippen LogP contribution in [-0.2, 0) is 19.4 Å². The normalized spacial score (nSPS) is 19.9. The van der Waals surface area contributed by atoms with E-state index in [1.807, 2.05) is 37.3 Å². The second kappa shape index (κ2) is 6.24. The van der Waals surface area contributed by atoms with Crippen molar-refractivity contribution < 1.29 is 17.9 Å². The molecule has 1 saturated heterocycles. The van der Waals surface area contributed by atoms with Crippen LogP contribution in [0, 0.1) is 0 Å². The molecule has 1 aliphatic rings. The summed E-state index contributed by atoms with van der Waals surface area (Å²) < 4.78 is 28.6. The fourth-order valence-electron chi connectivity index (χ4n) is 2.86. The molecule has 0 bridgehead atoms. The number of hydrogen-bond donors (Lipinski definition) is 0. The lowest BCUT2D eigenvalue weighted by molar-refractivity contribution is -0.138. The average molecular weight is 342 g/mol. The Morgan fingerprint density at radius 1 is 1.00 bits per heavy atom. The summed E-state index contributed by atoms with van der Waals surface area (Å²) in [7, 11) is -3.26. The van der Waals surface area contributed by atoms with Crippen molar-refractivity contribution in [1.29, 1.82) is 0 Å². The molecule has 5 heteroatoms. The number of esters is 1. The van der Waals surface area contributed by atoms with E-state index in [1.54, 1.807) is 24.3 Å². The lowest BCUT2D eigenvalue weighted by atomic mass is 9.91. The molecular weight excluding hydrogens is 324 g/mol. The first-order chi connectivity index (χ1) is 11.4. The van der Waals surface area contributed by atoms with Crippen LogP contribution in [0.3, 0.4) is 0 Å². The SMILES string of the molecule is CC1C/C(=C(/c2ccccc2)c2ccc(S(C)(=O)=O)cc2)C(=O)O1. The molecule has 0 radical (unpaired) electrons. The van der Waals surface area contributed by atoms with Gasteiger partial charge in [0.1, 0.15) is 6.10 Å². The van der Waals surface area contributed by atoms with E-state index in [1.165, 1.54) is 6.26 Å². The summed E-state index contributed by atoms with van der Waals surface area (Å²) in [4.78, 5) is 12.5. The van der Waals surface area contributed by atoms with Gasteiger partial charge < -0.3 is 4.74 Å². The molecule has 2 aromatic rings. The Morgan fingerprint density at radius 2 is 1.58 bits per heavy atom. The van der Waals surface area contributed by atoms with E-state index in [9.17, 15) is 13.2 Å². The molecule has 24 heavy (non-hydrogen) atoms. The molecule has 4 nitrogen and oxygen atoms in total. The molecule has 124 valence electrons. The van der Waals surface area contributed by atoms with E-state index in [-0.39, 0.29) is 17.0 Å². The lowest BCUT2D eigenvalue weighted by Gasteiger charge is -2.11. The number of carbonyl (C=O) groups is 1. The summed E-state index contributed by atoms with van der Waals surface area (Å²) in [5.74, 6) is -0.312. The summed E-state index contributed by atoms with van der Waals surface area (Å²) >= 11 is 0. The molecule has 0 N–H and O–H groups in total. The van der Waals surface area contributed by atoms with Crippen molar-refractivity contribution in [3.05, 3.63) is 71.3 Å². The Hall–Kier alpha value is -2.40. The highest BCUT2D eigenvalue weighted by atomic mass is 32.2. The third-order valence-corrected chi connectivity index (χ3v) is 5.11. The van der Waals surface area contributed by atoms with Gasteiger partial charge in [0.25, 0.3) is 0 Å². The maximum Gasteiger partial charge on any atom is 0.335 e. The van der Waals surface area contributed by atoms with Gasteiger partial charge in [-0.3, -0.25) is 0 Å². The Morgan fingerprint density at radius 3 is 2.08 bits per heavy atom. The van der Waals surface area contributed by atoms with Crippen LogP contribution < -0.4 is 0 Å². The molecule has 0 aliphatic carbocycles. The van der Waals surface area contributed by atoms with Gasteiger partial charge in [0.2, 0.25) is 0 Å². The predicted molar refractivity (Wildman–Crippen MR) is 92.2 cm³/mol. The van der Waals surface area contributed by atoms with Gasteiger partial charge in [-0.1, -0.05) is 42.5 Å². The number of sulfone groups is 1. The predicted octanol–water partition coefficient (Wildman–Crippen LogP) is 3.23. The Balaban J connectivity index is 2.17. The van der Waals surface area contributed by atoms with E-state index in [0.29, 0.717) is 12.0 Å². The van der Waals surface area contributed by atoms with Crippen LogP contribution in [0.5, 0.6) is 0 Å². The van der Waals surface area contributed by atoms with Crippen LogP contribution in [0.2, 0.25) is 0 Å². The van der Waals surface area contributed by atoms with Gasteiger partial charge in [-0.05, 0) is 35.8 Å². The third kappa shape index (κ3) is 3.26. The van der Waals surface area contributed by atoms with Gasteiger partial charge in [-0.15, -0.1) is 0 Å². The Kier molecular flexibility index (Phi) is 4.28. The molecule has 0 spiro atoms. The fourth-order valence-corrected chi connectivity index (χ4v) is 3.49. The average Bonchev–Trinajstić information content (AvgIpc) is 2.87. The minimum Gasteiger partial charge on any atom is -0.459 e. The van der Waals surface area contributed by atoms with Crippen LogP contribution in [0.1, 0.15) is 24.5 Å². The topological polar surface area (TPSA) is 60.4 Å².